The minimum absolute atomic E-state index is 0.516. The van der Waals surface area contributed by atoms with Crippen LogP contribution in [0.25, 0.3) is 0 Å². The summed E-state index contributed by atoms with van der Waals surface area (Å²) in [7, 11) is 2.07. The quantitative estimate of drug-likeness (QED) is 0.756. The lowest BCUT2D eigenvalue weighted by molar-refractivity contribution is 0.249. The zero-order valence-electron chi connectivity index (χ0n) is 11.7. The van der Waals surface area contributed by atoms with Gasteiger partial charge in [-0.05, 0) is 70.9 Å². The fraction of sp³-hybridized carbons (Fsp3) is 1.00. The summed E-state index contributed by atoms with van der Waals surface area (Å²) in [5.41, 5.74) is 0.516. The van der Waals surface area contributed by atoms with Crippen molar-refractivity contribution in [2.45, 2.75) is 32.6 Å². The van der Waals surface area contributed by atoms with Gasteiger partial charge in [-0.25, -0.2) is 0 Å². The number of rotatable bonds is 6. The highest BCUT2D eigenvalue weighted by atomic mass is 15.2. The van der Waals surface area contributed by atoms with Gasteiger partial charge in [0.05, 0.1) is 0 Å². The first-order chi connectivity index (χ1) is 8.22. The Labute approximate surface area is 107 Å². The van der Waals surface area contributed by atoms with Crippen molar-refractivity contribution >= 4 is 0 Å². The molecule has 0 saturated carbocycles. The van der Waals surface area contributed by atoms with Crippen molar-refractivity contribution in [2.24, 2.45) is 5.41 Å². The van der Waals surface area contributed by atoms with E-state index in [-0.39, 0.29) is 0 Å². The molecule has 2 saturated heterocycles. The topological polar surface area (TPSA) is 18.5 Å². The van der Waals surface area contributed by atoms with Gasteiger partial charge in [0.1, 0.15) is 0 Å². The maximum atomic E-state index is 3.34. The van der Waals surface area contributed by atoms with Crippen molar-refractivity contribution in [1.82, 2.24) is 15.1 Å². The molecule has 3 nitrogen and oxygen atoms in total. The van der Waals surface area contributed by atoms with E-state index in [1.54, 1.807) is 0 Å². The average molecular weight is 239 g/mol. The van der Waals surface area contributed by atoms with Gasteiger partial charge >= 0.3 is 0 Å². The summed E-state index contributed by atoms with van der Waals surface area (Å²) in [5.74, 6) is 0. The molecule has 0 bridgehead atoms. The number of hydrogen-bond donors (Lipinski definition) is 1. The molecular weight excluding hydrogens is 210 g/mol. The normalized spacial score (nSPS) is 31.4. The molecule has 0 aliphatic carbocycles. The van der Waals surface area contributed by atoms with Crippen LogP contribution in [0.2, 0.25) is 0 Å². The van der Waals surface area contributed by atoms with Gasteiger partial charge in [0, 0.05) is 13.1 Å². The second-order valence-electron chi connectivity index (χ2n) is 6.27. The molecule has 2 heterocycles. The monoisotopic (exact) mass is 239 g/mol. The summed E-state index contributed by atoms with van der Waals surface area (Å²) in [5, 5.41) is 3.34. The first-order valence-electron chi connectivity index (χ1n) is 7.31. The molecule has 0 aromatic carbocycles. The van der Waals surface area contributed by atoms with Crippen LogP contribution < -0.4 is 5.32 Å². The maximum Gasteiger partial charge on any atom is 0.00480 e. The molecule has 3 heteroatoms. The lowest BCUT2D eigenvalue weighted by Crippen LogP contribution is -2.34. The van der Waals surface area contributed by atoms with E-state index in [0.29, 0.717) is 5.41 Å². The lowest BCUT2D eigenvalue weighted by Gasteiger charge is -2.24. The van der Waals surface area contributed by atoms with Gasteiger partial charge in [-0.15, -0.1) is 0 Å². The Morgan fingerprint density at radius 2 is 1.76 bits per heavy atom. The Kier molecular flexibility index (Phi) is 4.83. The standard InChI is InChI=1S/C14H29N3/c1-14(12-15-2)6-11-17(13-14)10-5-9-16-7-3-4-8-16/h15H,3-13H2,1-2H3. The number of hydrogen-bond acceptors (Lipinski definition) is 3. The van der Waals surface area contributed by atoms with Crippen molar-refractivity contribution in [3.05, 3.63) is 0 Å². The van der Waals surface area contributed by atoms with E-state index in [9.17, 15) is 0 Å². The molecular formula is C14H29N3. The van der Waals surface area contributed by atoms with Crippen molar-refractivity contribution in [3.8, 4) is 0 Å². The molecule has 0 radical (unpaired) electrons. The van der Waals surface area contributed by atoms with Gasteiger partial charge in [0.25, 0.3) is 0 Å². The summed E-state index contributed by atoms with van der Waals surface area (Å²) in [6, 6.07) is 0. The highest BCUT2D eigenvalue weighted by Gasteiger charge is 2.32. The molecule has 100 valence electrons. The Morgan fingerprint density at radius 1 is 1.06 bits per heavy atom. The summed E-state index contributed by atoms with van der Waals surface area (Å²) in [6.45, 7) is 11.5. The second kappa shape index (κ2) is 6.17. The highest BCUT2D eigenvalue weighted by Crippen LogP contribution is 2.28. The van der Waals surface area contributed by atoms with Crippen LogP contribution in [0.5, 0.6) is 0 Å². The fourth-order valence-corrected chi connectivity index (χ4v) is 3.41. The smallest absolute Gasteiger partial charge is 0.00480 e. The van der Waals surface area contributed by atoms with Crippen molar-refractivity contribution in [3.63, 3.8) is 0 Å². The van der Waals surface area contributed by atoms with Crippen LogP contribution in [0.4, 0.5) is 0 Å². The van der Waals surface area contributed by atoms with Gasteiger partial charge in [-0.3, -0.25) is 0 Å². The number of nitrogens with zero attached hydrogens (tertiary/aromatic N) is 2. The third-order valence-electron chi connectivity index (χ3n) is 4.39. The Balaban J connectivity index is 1.60. The molecule has 1 N–H and O–H groups in total. The van der Waals surface area contributed by atoms with Crippen LogP contribution in [0, 0.1) is 5.41 Å². The van der Waals surface area contributed by atoms with Crippen molar-refractivity contribution in [1.29, 1.82) is 0 Å². The van der Waals surface area contributed by atoms with Crippen LogP contribution in [-0.4, -0.2) is 62.7 Å². The van der Waals surface area contributed by atoms with Crippen molar-refractivity contribution in [2.75, 3.05) is 52.9 Å². The molecule has 2 fully saturated rings. The zero-order chi connectivity index (χ0) is 12.1. The van der Waals surface area contributed by atoms with Gasteiger partial charge in [0.15, 0.2) is 0 Å². The van der Waals surface area contributed by atoms with Crippen LogP contribution in [-0.2, 0) is 0 Å². The Hall–Kier alpha value is -0.120. The van der Waals surface area contributed by atoms with E-state index in [0.717, 1.165) is 6.54 Å². The minimum atomic E-state index is 0.516. The van der Waals surface area contributed by atoms with Gasteiger partial charge < -0.3 is 15.1 Å². The predicted molar refractivity (Wildman–Crippen MR) is 73.4 cm³/mol. The molecule has 1 atom stereocenters. The number of likely N-dealkylation sites (tertiary alicyclic amines) is 2. The molecule has 2 rings (SSSR count). The van der Waals surface area contributed by atoms with E-state index in [1.165, 1.54) is 65.0 Å². The Bertz CT molecular complexity index is 226. The van der Waals surface area contributed by atoms with Crippen LogP contribution in [0.3, 0.4) is 0 Å². The molecule has 2 aliphatic rings. The van der Waals surface area contributed by atoms with E-state index < -0.39 is 0 Å². The molecule has 0 amide bonds. The molecule has 0 aromatic rings. The molecule has 2 aliphatic heterocycles. The largest absolute Gasteiger partial charge is 0.319 e. The number of nitrogens with one attached hydrogen (secondary N) is 1. The molecule has 17 heavy (non-hydrogen) atoms. The lowest BCUT2D eigenvalue weighted by atomic mass is 9.90. The first-order valence-corrected chi connectivity index (χ1v) is 7.31. The third-order valence-corrected chi connectivity index (χ3v) is 4.39. The minimum Gasteiger partial charge on any atom is -0.319 e. The third kappa shape index (κ3) is 3.94. The Morgan fingerprint density at radius 3 is 2.47 bits per heavy atom. The van der Waals surface area contributed by atoms with Gasteiger partial charge in [-0.2, -0.15) is 0 Å². The van der Waals surface area contributed by atoms with Crippen LogP contribution >= 0.6 is 0 Å². The van der Waals surface area contributed by atoms with E-state index in [2.05, 4.69) is 29.1 Å². The predicted octanol–water partition coefficient (Wildman–Crippen LogP) is 1.40. The summed E-state index contributed by atoms with van der Waals surface area (Å²) in [4.78, 5) is 5.29. The molecule has 1 unspecified atom stereocenters. The summed E-state index contributed by atoms with van der Waals surface area (Å²) < 4.78 is 0. The van der Waals surface area contributed by atoms with Crippen molar-refractivity contribution < 1.29 is 0 Å². The average Bonchev–Trinajstić information content (AvgIpc) is 2.90. The van der Waals surface area contributed by atoms with Gasteiger partial charge in [0.2, 0.25) is 0 Å². The fourth-order valence-electron chi connectivity index (χ4n) is 3.41. The molecule has 0 aromatic heterocycles. The maximum absolute atomic E-state index is 3.34. The summed E-state index contributed by atoms with van der Waals surface area (Å²) in [6.07, 6.45) is 5.56. The van der Waals surface area contributed by atoms with Crippen LogP contribution in [0.1, 0.15) is 32.6 Å². The SMILES string of the molecule is CNCC1(C)CCN(CCCN2CCCC2)C1. The van der Waals surface area contributed by atoms with Gasteiger partial charge in [-0.1, -0.05) is 6.92 Å². The molecule has 0 spiro atoms. The van der Waals surface area contributed by atoms with E-state index in [1.807, 2.05) is 0 Å². The second-order valence-corrected chi connectivity index (χ2v) is 6.27. The zero-order valence-corrected chi connectivity index (χ0v) is 11.7. The van der Waals surface area contributed by atoms with E-state index in [4.69, 9.17) is 0 Å². The first kappa shape index (κ1) is 13.3. The van der Waals surface area contributed by atoms with Crippen LogP contribution in [0.15, 0.2) is 0 Å². The highest BCUT2D eigenvalue weighted by molar-refractivity contribution is 4.87. The summed E-state index contributed by atoms with van der Waals surface area (Å²) >= 11 is 0. The van der Waals surface area contributed by atoms with E-state index >= 15 is 0 Å².